The van der Waals surface area contributed by atoms with Crippen LogP contribution in [-0.4, -0.2) is 67.5 Å². The molecule has 178 valence electrons. The summed E-state index contributed by atoms with van der Waals surface area (Å²) >= 11 is 0. The van der Waals surface area contributed by atoms with E-state index in [1.165, 1.54) is 4.31 Å². The molecular formula is C25H32N2O5S. The van der Waals surface area contributed by atoms with Crippen molar-refractivity contribution in [2.24, 2.45) is 5.92 Å². The first kappa shape index (κ1) is 25.0. The number of carbonyl (C=O) groups excluding carboxylic acids is 1. The van der Waals surface area contributed by atoms with Crippen LogP contribution in [0.25, 0.3) is 6.08 Å². The summed E-state index contributed by atoms with van der Waals surface area (Å²) in [5.74, 6) is -0.124. The molecule has 3 rings (SSSR count). The Kier molecular flexibility index (Phi) is 7.94. The van der Waals surface area contributed by atoms with Crippen LogP contribution in [-0.2, 0) is 10.0 Å². The highest BCUT2D eigenvalue weighted by atomic mass is 32.2. The lowest BCUT2D eigenvalue weighted by atomic mass is 10.0. The number of amides is 1. The van der Waals surface area contributed by atoms with E-state index in [4.69, 9.17) is 4.74 Å². The number of benzene rings is 2. The molecule has 1 amide bonds. The molecule has 0 bridgehead atoms. The van der Waals surface area contributed by atoms with E-state index in [0.29, 0.717) is 5.56 Å². The highest BCUT2D eigenvalue weighted by molar-refractivity contribution is 7.89. The summed E-state index contributed by atoms with van der Waals surface area (Å²) in [6.07, 6.45) is 3.28. The van der Waals surface area contributed by atoms with Gasteiger partial charge in [0.25, 0.3) is 5.91 Å². The van der Waals surface area contributed by atoms with Gasteiger partial charge in [-0.3, -0.25) is 4.79 Å². The Morgan fingerprint density at radius 2 is 1.97 bits per heavy atom. The Bertz CT molecular complexity index is 1100. The van der Waals surface area contributed by atoms with E-state index in [-0.39, 0.29) is 42.2 Å². The topological polar surface area (TPSA) is 87.2 Å². The summed E-state index contributed by atoms with van der Waals surface area (Å²) in [4.78, 5) is 14.6. The maximum Gasteiger partial charge on any atom is 0.253 e. The van der Waals surface area contributed by atoms with Crippen LogP contribution in [0.3, 0.4) is 0 Å². The van der Waals surface area contributed by atoms with Crippen molar-refractivity contribution in [1.82, 2.24) is 9.21 Å². The highest BCUT2D eigenvalue weighted by Crippen LogP contribution is 2.34. The molecule has 0 saturated carbocycles. The Morgan fingerprint density at radius 3 is 2.61 bits per heavy atom. The molecule has 8 heteroatoms. The summed E-state index contributed by atoms with van der Waals surface area (Å²) in [6.45, 7) is 5.62. The fourth-order valence-corrected chi connectivity index (χ4v) is 5.74. The Labute approximate surface area is 196 Å². The minimum absolute atomic E-state index is 0.0602. The number of aliphatic hydroxyl groups is 1. The van der Waals surface area contributed by atoms with Gasteiger partial charge < -0.3 is 14.7 Å². The van der Waals surface area contributed by atoms with Gasteiger partial charge in [0.15, 0.2) is 0 Å². The Balaban J connectivity index is 2.01. The van der Waals surface area contributed by atoms with E-state index >= 15 is 0 Å². The Hall–Kier alpha value is -2.68. The summed E-state index contributed by atoms with van der Waals surface area (Å²) in [5.41, 5.74) is 1.39. The minimum atomic E-state index is -3.89. The Morgan fingerprint density at radius 1 is 1.27 bits per heavy atom. The van der Waals surface area contributed by atoms with E-state index in [9.17, 15) is 18.3 Å². The summed E-state index contributed by atoms with van der Waals surface area (Å²) < 4.78 is 34.6. The highest BCUT2D eigenvalue weighted by Gasteiger charge is 2.38. The van der Waals surface area contributed by atoms with Gasteiger partial charge in [-0.25, -0.2) is 8.42 Å². The molecule has 1 aliphatic rings. The molecule has 1 aliphatic heterocycles. The van der Waals surface area contributed by atoms with Crippen LogP contribution in [0.4, 0.5) is 0 Å². The average molecular weight is 473 g/mol. The van der Waals surface area contributed by atoms with Crippen molar-refractivity contribution in [3.63, 3.8) is 0 Å². The zero-order valence-electron chi connectivity index (χ0n) is 19.5. The first-order valence-electron chi connectivity index (χ1n) is 11.1. The molecule has 0 saturated heterocycles. The van der Waals surface area contributed by atoms with Crippen molar-refractivity contribution in [1.29, 1.82) is 0 Å². The van der Waals surface area contributed by atoms with E-state index in [0.717, 1.165) is 5.56 Å². The van der Waals surface area contributed by atoms with E-state index < -0.39 is 22.2 Å². The van der Waals surface area contributed by atoms with Crippen molar-refractivity contribution in [3.8, 4) is 5.75 Å². The molecule has 33 heavy (non-hydrogen) atoms. The molecular weight excluding hydrogens is 440 g/mol. The van der Waals surface area contributed by atoms with Crippen molar-refractivity contribution in [3.05, 3.63) is 65.7 Å². The largest absolute Gasteiger partial charge is 0.487 e. The molecule has 0 unspecified atom stereocenters. The molecule has 0 fully saturated rings. The van der Waals surface area contributed by atoms with Crippen molar-refractivity contribution < 1.29 is 23.1 Å². The molecule has 0 aromatic heterocycles. The number of allylic oxidation sites excluding steroid dienone is 1. The summed E-state index contributed by atoms with van der Waals surface area (Å²) in [5, 5.41) is 9.74. The van der Waals surface area contributed by atoms with Crippen LogP contribution < -0.4 is 4.74 Å². The second-order valence-corrected chi connectivity index (χ2v) is 10.4. The van der Waals surface area contributed by atoms with Gasteiger partial charge in [0.2, 0.25) is 10.0 Å². The van der Waals surface area contributed by atoms with Crippen molar-refractivity contribution in [2.45, 2.75) is 37.8 Å². The van der Waals surface area contributed by atoms with Crippen LogP contribution >= 0.6 is 0 Å². The second kappa shape index (κ2) is 10.5. The van der Waals surface area contributed by atoms with Crippen LogP contribution in [0.15, 0.2) is 59.5 Å². The zero-order valence-corrected chi connectivity index (χ0v) is 20.3. The number of fused-ring (bicyclic) bond motifs is 1. The summed E-state index contributed by atoms with van der Waals surface area (Å²) in [6, 6.07) is 13.4. The van der Waals surface area contributed by atoms with Gasteiger partial charge in [0.1, 0.15) is 16.7 Å². The average Bonchev–Trinajstić information content (AvgIpc) is 2.81. The number of nitrogens with zero attached hydrogens (tertiary/aromatic N) is 2. The van der Waals surface area contributed by atoms with Gasteiger partial charge >= 0.3 is 0 Å². The number of likely N-dealkylation sites (N-methyl/N-ethyl adjacent to an activating group) is 1. The normalized spacial score (nSPS) is 21.5. The number of ether oxygens (including phenoxy) is 1. The molecule has 2 aromatic carbocycles. The molecule has 3 atom stereocenters. The molecule has 7 nitrogen and oxygen atoms in total. The van der Waals surface area contributed by atoms with E-state index in [1.54, 1.807) is 49.2 Å². The lowest BCUT2D eigenvalue weighted by Crippen LogP contribution is -2.50. The first-order chi connectivity index (χ1) is 15.7. The predicted octanol–water partition coefficient (Wildman–Crippen LogP) is 3.26. The predicted molar refractivity (Wildman–Crippen MR) is 129 cm³/mol. The zero-order chi connectivity index (χ0) is 24.2. The van der Waals surface area contributed by atoms with Gasteiger partial charge in [-0.15, -0.1) is 0 Å². The number of hydrogen-bond acceptors (Lipinski definition) is 5. The van der Waals surface area contributed by atoms with E-state index in [2.05, 4.69) is 0 Å². The standard InChI is InChI=1S/C25H32N2O5S/c1-5-9-20-12-13-24-22(14-20)32-23(16-26(4)25(29)21-10-7-6-8-11-21)18(2)15-27(19(3)17-28)33(24,30)31/h5-14,18-19,23,28H,15-17H2,1-4H3/b9-5+/t18-,19+,23+/m0/s1. The van der Waals surface area contributed by atoms with Crippen LogP contribution in [0.5, 0.6) is 5.75 Å². The molecule has 0 spiro atoms. The maximum atomic E-state index is 13.5. The quantitative estimate of drug-likeness (QED) is 0.697. The molecule has 0 aliphatic carbocycles. The lowest BCUT2D eigenvalue weighted by molar-refractivity contribution is 0.0563. The third-order valence-corrected chi connectivity index (χ3v) is 7.89. The number of sulfonamides is 1. The lowest BCUT2D eigenvalue weighted by Gasteiger charge is -2.37. The molecule has 1 N–H and O–H groups in total. The van der Waals surface area contributed by atoms with E-state index in [1.807, 2.05) is 44.2 Å². The fourth-order valence-electron chi connectivity index (χ4n) is 3.91. The number of aliphatic hydroxyl groups excluding tert-OH is 1. The van der Waals surface area contributed by atoms with Gasteiger partial charge in [-0.1, -0.05) is 43.3 Å². The number of rotatable bonds is 6. The smallest absolute Gasteiger partial charge is 0.253 e. The van der Waals surface area contributed by atoms with Crippen LogP contribution in [0.1, 0.15) is 36.7 Å². The number of carbonyl (C=O) groups is 1. The van der Waals surface area contributed by atoms with Crippen LogP contribution in [0.2, 0.25) is 0 Å². The summed E-state index contributed by atoms with van der Waals surface area (Å²) in [7, 11) is -2.17. The second-order valence-electron chi connectivity index (χ2n) is 8.50. The third kappa shape index (κ3) is 5.46. The van der Waals surface area contributed by atoms with Crippen molar-refractivity contribution >= 4 is 22.0 Å². The van der Waals surface area contributed by atoms with Gasteiger partial charge in [-0.2, -0.15) is 4.31 Å². The molecule has 2 aromatic rings. The molecule has 1 heterocycles. The van der Waals surface area contributed by atoms with Gasteiger partial charge in [0.05, 0.1) is 13.2 Å². The first-order valence-corrected chi connectivity index (χ1v) is 12.5. The SMILES string of the molecule is C/C=C/c1ccc2c(c1)O[C@H](CN(C)C(=O)c1ccccc1)[C@@H](C)CN([C@H](C)CO)S2(=O)=O. The maximum absolute atomic E-state index is 13.5. The van der Waals surface area contributed by atoms with Gasteiger partial charge in [0, 0.05) is 31.1 Å². The monoisotopic (exact) mass is 472 g/mol. The number of hydrogen-bond donors (Lipinski definition) is 1. The van der Waals surface area contributed by atoms with Crippen LogP contribution in [0, 0.1) is 5.92 Å². The molecule has 0 radical (unpaired) electrons. The fraction of sp³-hybridized carbons (Fsp3) is 0.400. The minimum Gasteiger partial charge on any atom is -0.487 e. The third-order valence-electron chi connectivity index (χ3n) is 5.87. The van der Waals surface area contributed by atoms with Gasteiger partial charge in [-0.05, 0) is 43.7 Å². The van der Waals surface area contributed by atoms with Crippen molar-refractivity contribution in [2.75, 3.05) is 26.7 Å².